The minimum absolute atomic E-state index is 0. The van der Waals surface area contributed by atoms with Gasteiger partial charge < -0.3 is 16.4 Å². The summed E-state index contributed by atoms with van der Waals surface area (Å²) in [5.74, 6) is -0.235. The second-order valence-electron chi connectivity index (χ2n) is 5.77. The molecule has 0 saturated carbocycles. The Morgan fingerprint density at radius 3 is 2.63 bits per heavy atom. The number of hydrogen-bond acceptors (Lipinski definition) is 4. The third-order valence-electron chi connectivity index (χ3n) is 3.71. The second-order valence-corrected chi connectivity index (χ2v) is 6.76. The van der Waals surface area contributed by atoms with Crippen LogP contribution in [0, 0.1) is 5.82 Å². The molecule has 0 heterocycles. The fourth-order valence-corrected chi connectivity index (χ4v) is 2.78. The third-order valence-corrected chi connectivity index (χ3v) is 4.35. The van der Waals surface area contributed by atoms with E-state index in [2.05, 4.69) is 10.6 Å². The van der Waals surface area contributed by atoms with E-state index in [1.54, 1.807) is 36.0 Å². The van der Waals surface area contributed by atoms with E-state index in [4.69, 9.17) is 5.73 Å². The lowest BCUT2D eigenvalue weighted by atomic mass is 10.1. The predicted octanol–water partition coefficient (Wildman–Crippen LogP) is 3.20. The molecule has 0 aliphatic heterocycles. The van der Waals surface area contributed by atoms with Gasteiger partial charge in [-0.2, -0.15) is 11.8 Å². The lowest BCUT2D eigenvalue weighted by molar-refractivity contribution is -0.122. The van der Waals surface area contributed by atoms with Gasteiger partial charge in [-0.1, -0.05) is 18.2 Å². The van der Waals surface area contributed by atoms with Crippen molar-refractivity contribution in [1.82, 2.24) is 5.32 Å². The minimum Gasteiger partial charge on any atom is -0.351 e. The minimum atomic E-state index is -0.529. The summed E-state index contributed by atoms with van der Waals surface area (Å²) in [6.45, 7) is 0.315. The van der Waals surface area contributed by atoms with E-state index in [1.807, 2.05) is 12.3 Å². The van der Waals surface area contributed by atoms with Crippen LogP contribution < -0.4 is 16.4 Å². The molecule has 27 heavy (non-hydrogen) atoms. The maximum Gasteiger partial charge on any atom is 0.255 e. The molecule has 0 aromatic heterocycles. The Bertz CT molecular complexity index is 776. The molecule has 0 aliphatic rings. The van der Waals surface area contributed by atoms with Crippen molar-refractivity contribution in [3.8, 4) is 0 Å². The van der Waals surface area contributed by atoms with Gasteiger partial charge in [-0.15, -0.1) is 12.4 Å². The Morgan fingerprint density at radius 2 is 1.93 bits per heavy atom. The first-order valence-corrected chi connectivity index (χ1v) is 9.57. The topological polar surface area (TPSA) is 84.2 Å². The van der Waals surface area contributed by atoms with Crippen LogP contribution in [0.4, 0.5) is 10.1 Å². The first-order valence-electron chi connectivity index (χ1n) is 8.17. The molecule has 0 aliphatic carbocycles. The van der Waals surface area contributed by atoms with Crippen molar-refractivity contribution < 1.29 is 14.0 Å². The zero-order valence-electron chi connectivity index (χ0n) is 14.9. The Kier molecular flexibility index (Phi) is 9.85. The van der Waals surface area contributed by atoms with E-state index < -0.39 is 17.8 Å². The summed E-state index contributed by atoms with van der Waals surface area (Å²) in [7, 11) is 0. The molecule has 0 unspecified atom stereocenters. The molecule has 2 amide bonds. The molecule has 0 bridgehead atoms. The molecule has 0 radical (unpaired) electrons. The highest BCUT2D eigenvalue weighted by molar-refractivity contribution is 7.98. The van der Waals surface area contributed by atoms with Gasteiger partial charge in [0.05, 0.1) is 6.04 Å². The van der Waals surface area contributed by atoms with Crippen LogP contribution in [0.1, 0.15) is 22.3 Å². The molecule has 2 aromatic carbocycles. The largest absolute Gasteiger partial charge is 0.351 e. The van der Waals surface area contributed by atoms with Crippen molar-refractivity contribution in [3.05, 3.63) is 65.5 Å². The third kappa shape index (κ3) is 7.58. The lowest BCUT2D eigenvalue weighted by Crippen LogP contribution is -2.40. The smallest absolute Gasteiger partial charge is 0.255 e. The number of carbonyl (C=O) groups excluding carboxylic acids is 2. The Morgan fingerprint density at radius 1 is 1.19 bits per heavy atom. The number of anilines is 1. The maximum absolute atomic E-state index is 13.2. The monoisotopic (exact) mass is 411 g/mol. The number of thioether (sulfide) groups is 1. The first kappa shape index (κ1) is 23.0. The summed E-state index contributed by atoms with van der Waals surface area (Å²) in [4.78, 5) is 24.1. The Balaban J connectivity index is 0.00000364. The maximum atomic E-state index is 13.2. The van der Waals surface area contributed by atoms with E-state index in [0.29, 0.717) is 18.7 Å². The molecular weight excluding hydrogens is 389 g/mol. The zero-order valence-corrected chi connectivity index (χ0v) is 16.5. The van der Waals surface area contributed by atoms with E-state index >= 15 is 0 Å². The highest BCUT2D eigenvalue weighted by Crippen LogP contribution is 2.13. The molecular formula is C19H23ClFN3O2S. The van der Waals surface area contributed by atoms with Crippen LogP contribution in [-0.4, -0.2) is 29.9 Å². The van der Waals surface area contributed by atoms with E-state index in [9.17, 15) is 14.0 Å². The van der Waals surface area contributed by atoms with Crippen molar-refractivity contribution in [3.63, 3.8) is 0 Å². The quantitative estimate of drug-likeness (QED) is 0.622. The second kappa shape index (κ2) is 11.6. The summed E-state index contributed by atoms with van der Waals surface area (Å²) in [5.41, 5.74) is 7.46. The normalized spacial score (nSPS) is 11.2. The van der Waals surface area contributed by atoms with Crippen molar-refractivity contribution in [2.45, 2.75) is 19.0 Å². The summed E-state index contributed by atoms with van der Waals surface area (Å²) < 4.78 is 13.2. The SMILES string of the molecule is CSCC[C@H](N)C(=O)NCc1cccc(NC(=O)c2cccc(F)c2)c1.Cl. The van der Waals surface area contributed by atoms with E-state index in [0.717, 1.165) is 11.3 Å². The van der Waals surface area contributed by atoms with Crippen molar-refractivity contribution in [1.29, 1.82) is 0 Å². The molecule has 8 heteroatoms. The van der Waals surface area contributed by atoms with Gasteiger partial charge >= 0.3 is 0 Å². The number of nitrogens with one attached hydrogen (secondary N) is 2. The van der Waals surface area contributed by atoms with Crippen molar-refractivity contribution >= 4 is 41.7 Å². The summed E-state index contributed by atoms with van der Waals surface area (Å²) in [5, 5.41) is 5.51. The number of amides is 2. The molecule has 1 atom stereocenters. The zero-order chi connectivity index (χ0) is 18.9. The standard InChI is InChI=1S/C19H22FN3O2S.ClH/c1-26-9-8-17(21)19(25)22-12-13-4-2-7-16(10-13)23-18(24)14-5-3-6-15(20)11-14;/h2-7,10-11,17H,8-9,12,21H2,1H3,(H,22,25)(H,23,24);1H/t17-;/m0./s1. The number of hydrogen-bond donors (Lipinski definition) is 3. The highest BCUT2D eigenvalue weighted by atomic mass is 35.5. The van der Waals surface area contributed by atoms with Gasteiger partial charge in [0.15, 0.2) is 0 Å². The molecule has 2 aromatic rings. The van der Waals surface area contributed by atoms with E-state index in [-0.39, 0.29) is 23.9 Å². The summed E-state index contributed by atoms with van der Waals surface area (Å²) in [6.07, 6.45) is 2.59. The highest BCUT2D eigenvalue weighted by Gasteiger charge is 2.12. The van der Waals surface area contributed by atoms with Gasteiger partial charge in [0.25, 0.3) is 5.91 Å². The summed E-state index contributed by atoms with van der Waals surface area (Å²) >= 11 is 1.64. The molecule has 2 rings (SSSR count). The van der Waals surface area contributed by atoms with Crippen LogP contribution in [0.2, 0.25) is 0 Å². The first-order chi connectivity index (χ1) is 12.5. The lowest BCUT2D eigenvalue weighted by Gasteiger charge is -2.12. The van der Waals surface area contributed by atoms with Gasteiger partial charge in [-0.3, -0.25) is 9.59 Å². The molecule has 0 fully saturated rings. The van der Waals surface area contributed by atoms with Crippen LogP contribution in [0.25, 0.3) is 0 Å². The predicted molar refractivity (Wildman–Crippen MR) is 111 cm³/mol. The van der Waals surface area contributed by atoms with Crippen LogP contribution >= 0.6 is 24.2 Å². The van der Waals surface area contributed by atoms with Crippen molar-refractivity contribution in [2.75, 3.05) is 17.3 Å². The Labute approximate surface area is 168 Å². The van der Waals surface area contributed by atoms with Crippen LogP contribution in [-0.2, 0) is 11.3 Å². The van der Waals surface area contributed by atoms with Crippen LogP contribution in [0.15, 0.2) is 48.5 Å². The fraction of sp³-hybridized carbons (Fsp3) is 0.263. The van der Waals surface area contributed by atoms with Gasteiger partial charge in [0.2, 0.25) is 5.91 Å². The van der Waals surface area contributed by atoms with Crippen LogP contribution in [0.3, 0.4) is 0 Å². The van der Waals surface area contributed by atoms with Gasteiger partial charge in [0.1, 0.15) is 5.82 Å². The average molecular weight is 412 g/mol. The number of carbonyl (C=O) groups is 2. The molecule has 0 saturated heterocycles. The van der Waals surface area contributed by atoms with Crippen molar-refractivity contribution in [2.24, 2.45) is 5.73 Å². The molecule has 5 nitrogen and oxygen atoms in total. The number of rotatable bonds is 8. The fourth-order valence-electron chi connectivity index (χ4n) is 2.29. The summed E-state index contributed by atoms with van der Waals surface area (Å²) in [6, 6.07) is 12.0. The number of nitrogens with two attached hydrogens (primary N) is 1. The van der Waals surface area contributed by atoms with Gasteiger partial charge in [-0.25, -0.2) is 4.39 Å². The molecule has 146 valence electrons. The average Bonchev–Trinajstić information content (AvgIpc) is 2.64. The number of benzene rings is 2. The van der Waals surface area contributed by atoms with Gasteiger partial charge in [0, 0.05) is 17.8 Å². The molecule has 4 N–H and O–H groups in total. The molecule has 0 spiro atoms. The van der Waals surface area contributed by atoms with Crippen LogP contribution in [0.5, 0.6) is 0 Å². The Hall–Kier alpha value is -2.09. The number of halogens is 2. The van der Waals surface area contributed by atoms with E-state index in [1.165, 1.54) is 18.2 Å². The van der Waals surface area contributed by atoms with Gasteiger partial charge in [-0.05, 0) is 54.3 Å².